The monoisotopic (exact) mass is 391 g/mol. The molecule has 0 saturated heterocycles. The van der Waals surface area contributed by atoms with Crippen molar-refractivity contribution in [3.8, 4) is 11.5 Å². The lowest BCUT2D eigenvalue weighted by Crippen LogP contribution is -2.36. The quantitative estimate of drug-likeness (QED) is 0.538. The van der Waals surface area contributed by atoms with Crippen LogP contribution in [0.4, 0.5) is 13.2 Å². The van der Waals surface area contributed by atoms with Crippen molar-refractivity contribution in [2.24, 2.45) is 0 Å². The molecule has 0 aliphatic rings. The van der Waals surface area contributed by atoms with Gasteiger partial charge < -0.3 is 19.5 Å². The lowest BCUT2D eigenvalue weighted by atomic mass is 10.1. The van der Waals surface area contributed by atoms with E-state index in [9.17, 15) is 18.0 Å². The van der Waals surface area contributed by atoms with Crippen LogP contribution in [0.5, 0.6) is 11.5 Å². The molecule has 1 aromatic carbocycles. The number of benzene rings is 1. The number of carbonyl (C=O) groups excluding carboxylic acids is 1. The largest absolute Gasteiger partial charge is 0.493 e. The van der Waals surface area contributed by atoms with Gasteiger partial charge in [0.15, 0.2) is 11.5 Å². The molecule has 0 aromatic heterocycles. The topological polar surface area (TPSA) is 56.8 Å². The first-order valence-electron chi connectivity index (χ1n) is 9.03. The molecule has 0 aliphatic carbocycles. The van der Waals surface area contributed by atoms with Crippen molar-refractivity contribution in [2.45, 2.75) is 51.7 Å². The smallest absolute Gasteiger partial charge is 0.411 e. The van der Waals surface area contributed by atoms with Gasteiger partial charge in [-0.3, -0.25) is 4.79 Å². The zero-order valence-corrected chi connectivity index (χ0v) is 16.0. The van der Waals surface area contributed by atoms with Crippen molar-refractivity contribution in [2.75, 3.05) is 26.9 Å². The van der Waals surface area contributed by atoms with Crippen molar-refractivity contribution in [1.82, 2.24) is 5.32 Å². The summed E-state index contributed by atoms with van der Waals surface area (Å²) < 4.78 is 51.7. The van der Waals surface area contributed by atoms with Gasteiger partial charge in [-0.25, -0.2) is 0 Å². The second-order valence-electron chi connectivity index (χ2n) is 6.28. The SMILES string of the molecule is CCCCCCOc1ccc(C(=O)N[C@H](C)COCC(F)(F)F)cc1OC. The third-order valence-corrected chi connectivity index (χ3v) is 3.69. The maximum atomic E-state index is 12.2. The maximum Gasteiger partial charge on any atom is 0.411 e. The molecule has 0 unspecified atom stereocenters. The third-order valence-electron chi connectivity index (χ3n) is 3.69. The number of hydrogen-bond acceptors (Lipinski definition) is 4. The lowest BCUT2D eigenvalue weighted by molar-refractivity contribution is -0.174. The van der Waals surface area contributed by atoms with Crippen LogP contribution < -0.4 is 14.8 Å². The highest BCUT2D eigenvalue weighted by Gasteiger charge is 2.27. The number of alkyl halides is 3. The van der Waals surface area contributed by atoms with Gasteiger partial charge in [0.25, 0.3) is 5.91 Å². The predicted octanol–water partition coefficient (Wildman–Crippen LogP) is 4.35. The van der Waals surface area contributed by atoms with Crippen molar-refractivity contribution >= 4 is 5.91 Å². The molecule has 1 amide bonds. The van der Waals surface area contributed by atoms with E-state index in [1.165, 1.54) is 7.11 Å². The van der Waals surface area contributed by atoms with Gasteiger partial charge in [-0.2, -0.15) is 13.2 Å². The third kappa shape index (κ3) is 9.51. The van der Waals surface area contributed by atoms with Crippen molar-refractivity contribution in [3.63, 3.8) is 0 Å². The van der Waals surface area contributed by atoms with E-state index < -0.39 is 24.7 Å². The van der Waals surface area contributed by atoms with Crippen LogP contribution in [0.1, 0.15) is 49.9 Å². The molecule has 1 rings (SSSR count). The Kier molecular flexibility index (Phi) is 9.99. The fourth-order valence-electron chi connectivity index (χ4n) is 2.34. The van der Waals surface area contributed by atoms with E-state index in [1.807, 2.05) is 0 Å². The van der Waals surface area contributed by atoms with Crippen LogP contribution in [0.3, 0.4) is 0 Å². The highest BCUT2D eigenvalue weighted by Crippen LogP contribution is 2.28. The highest BCUT2D eigenvalue weighted by molar-refractivity contribution is 5.95. The average molecular weight is 391 g/mol. The molecule has 5 nitrogen and oxygen atoms in total. The first-order valence-corrected chi connectivity index (χ1v) is 9.03. The zero-order valence-electron chi connectivity index (χ0n) is 16.0. The molecule has 8 heteroatoms. The second kappa shape index (κ2) is 11.7. The molecule has 0 spiro atoms. The summed E-state index contributed by atoms with van der Waals surface area (Å²) in [4.78, 5) is 12.2. The number of methoxy groups -OCH3 is 1. The number of rotatable bonds is 12. The van der Waals surface area contributed by atoms with E-state index in [-0.39, 0.29) is 6.61 Å². The Morgan fingerprint density at radius 1 is 1.19 bits per heavy atom. The van der Waals surface area contributed by atoms with Gasteiger partial charge in [-0.1, -0.05) is 26.2 Å². The van der Waals surface area contributed by atoms with Crippen LogP contribution in [0.25, 0.3) is 0 Å². The Hall–Kier alpha value is -1.96. The molecule has 0 bridgehead atoms. The van der Waals surface area contributed by atoms with Crippen LogP contribution in [0.2, 0.25) is 0 Å². The first kappa shape index (κ1) is 23.1. The van der Waals surface area contributed by atoms with Gasteiger partial charge >= 0.3 is 6.18 Å². The minimum Gasteiger partial charge on any atom is -0.493 e. The Morgan fingerprint density at radius 3 is 2.56 bits per heavy atom. The number of amides is 1. The van der Waals surface area contributed by atoms with Crippen molar-refractivity contribution in [1.29, 1.82) is 0 Å². The van der Waals surface area contributed by atoms with Gasteiger partial charge in [0.2, 0.25) is 0 Å². The summed E-state index contributed by atoms with van der Waals surface area (Å²) in [5, 5.41) is 2.59. The molecule has 0 fully saturated rings. The van der Waals surface area contributed by atoms with E-state index in [0.717, 1.165) is 25.7 Å². The molecular weight excluding hydrogens is 363 g/mol. The summed E-state index contributed by atoms with van der Waals surface area (Å²) in [6.45, 7) is 2.69. The summed E-state index contributed by atoms with van der Waals surface area (Å²) in [7, 11) is 1.48. The predicted molar refractivity (Wildman–Crippen MR) is 96.4 cm³/mol. The molecule has 0 aliphatic heterocycles. The Balaban J connectivity index is 2.54. The van der Waals surface area contributed by atoms with Crippen LogP contribution in [0, 0.1) is 0 Å². The fraction of sp³-hybridized carbons (Fsp3) is 0.632. The summed E-state index contributed by atoms with van der Waals surface area (Å²) in [5.74, 6) is 0.553. The summed E-state index contributed by atoms with van der Waals surface area (Å²) >= 11 is 0. The minimum absolute atomic E-state index is 0.235. The number of hydrogen-bond donors (Lipinski definition) is 1. The number of ether oxygens (including phenoxy) is 3. The maximum absolute atomic E-state index is 12.2. The van der Waals surface area contributed by atoms with E-state index >= 15 is 0 Å². The van der Waals surface area contributed by atoms with Gasteiger partial charge in [-0.15, -0.1) is 0 Å². The summed E-state index contributed by atoms with van der Waals surface area (Å²) in [6.07, 6.45) is -0.0526. The van der Waals surface area contributed by atoms with Gasteiger partial charge in [0, 0.05) is 11.6 Å². The normalized spacial score (nSPS) is 12.5. The van der Waals surface area contributed by atoms with Crippen LogP contribution in [0.15, 0.2) is 18.2 Å². The summed E-state index contributed by atoms with van der Waals surface area (Å²) in [6, 6.07) is 4.21. The number of nitrogens with one attached hydrogen (secondary N) is 1. The molecule has 0 radical (unpaired) electrons. The molecule has 154 valence electrons. The Labute approximate surface area is 158 Å². The van der Waals surface area contributed by atoms with E-state index in [0.29, 0.717) is 23.7 Å². The van der Waals surface area contributed by atoms with Gasteiger partial charge in [0.05, 0.1) is 20.3 Å². The lowest BCUT2D eigenvalue weighted by Gasteiger charge is -2.16. The average Bonchev–Trinajstić information content (AvgIpc) is 2.60. The van der Waals surface area contributed by atoms with Crippen molar-refractivity contribution < 1.29 is 32.2 Å². The van der Waals surface area contributed by atoms with Crippen molar-refractivity contribution in [3.05, 3.63) is 23.8 Å². The molecule has 0 saturated carbocycles. The van der Waals surface area contributed by atoms with Gasteiger partial charge in [0.1, 0.15) is 6.61 Å². The fourth-order valence-corrected chi connectivity index (χ4v) is 2.34. The molecule has 1 N–H and O–H groups in total. The molecule has 27 heavy (non-hydrogen) atoms. The molecular formula is C19H28F3NO4. The minimum atomic E-state index is -4.39. The zero-order chi connectivity index (χ0) is 20.3. The number of unbranched alkanes of at least 4 members (excludes halogenated alkanes) is 3. The Morgan fingerprint density at radius 2 is 1.93 bits per heavy atom. The summed E-state index contributed by atoms with van der Waals surface area (Å²) in [5.41, 5.74) is 0.327. The van der Waals surface area contributed by atoms with E-state index in [4.69, 9.17) is 9.47 Å². The van der Waals surface area contributed by atoms with Crippen LogP contribution in [-0.4, -0.2) is 45.1 Å². The molecule has 0 heterocycles. The second-order valence-corrected chi connectivity index (χ2v) is 6.28. The number of halogens is 3. The molecule has 1 aromatic rings. The first-order chi connectivity index (χ1) is 12.8. The van der Waals surface area contributed by atoms with E-state index in [1.54, 1.807) is 25.1 Å². The van der Waals surface area contributed by atoms with Crippen LogP contribution in [-0.2, 0) is 4.74 Å². The molecule has 1 atom stereocenters. The Bertz CT molecular complexity index is 579. The standard InChI is InChI=1S/C19H28F3NO4/c1-4-5-6-7-10-27-16-9-8-15(11-17(16)25-3)18(24)23-14(2)12-26-13-19(20,21)22/h8-9,11,14H,4-7,10,12-13H2,1-3H3,(H,23,24)/t14-/m1/s1. The van der Waals surface area contributed by atoms with E-state index in [2.05, 4.69) is 17.0 Å². The number of carbonyl (C=O) groups is 1. The van der Waals surface area contributed by atoms with Gasteiger partial charge in [-0.05, 0) is 31.5 Å². The van der Waals surface area contributed by atoms with Crippen LogP contribution >= 0.6 is 0 Å². The highest BCUT2D eigenvalue weighted by atomic mass is 19.4.